The SMILES string of the molecule is O=C(/C=C/c1cccc(Cl)c1)NNC(=S)NCc1ccc(F)cc1. The van der Waals surface area contributed by atoms with Crippen LogP contribution in [0.4, 0.5) is 4.39 Å². The van der Waals surface area contributed by atoms with Gasteiger partial charge in [-0.2, -0.15) is 0 Å². The first-order valence-electron chi connectivity index (χ1n) is 7.05. The van der Waals surface area contributed by atoms with E-state index in [2.05, 4.69) is 16.2 Å². The summed E-state index contributed by atoms with van der Waals surface area (Å²) in [5, 5.41) is 3.75. The first kappa shape index (κ1) is 17.9. The maximum Gasteiger partial charge on any atom is 0.262 e. The van der Waals surface area contributed by atoms with Crippen molar-refractivity contribution in [3.63, 3.8) is 0 Å². The number of carbonyl (C=O) groups is 1. The first-order chi connectivity index (χ1) is 11.5. The van der Waals surface area contributed by atoms with Crippen LogP contribution in [0.3, 0.4) is 0 Å². The lowest BCUT2D eigenvalue weighted by Gasteiger charge is -2.10. The molecule has 3 N–H and O–H groups in total. The van der Waals surface area contributed by atoms with E-state index in [1.165, 1.54) is 18.2 Å². The third-order valence-electron chi connectivity index (χ3n) is 2.94. The molecule has 0 aliphatic rings. The van der Waals surface area contributed by atoms with Crippen LogP contribution in [0.25, 0.3) is 6.08 Å². The molecule has 0 radical (unpaired) electrons. The van der Waals surface area contributed by atoms with Gasteiger partial charge in [-0.1, -0.05) is 35.9 Å². The number of hydrazine groups is 1. The van der Waals surface area contributed by atoms with E-state index in [4.69, 9.17) is 23.8 Å². The van der Waals surface area contributed by atoms with Gasteiger partial charge < -0.3 is 5.32 Å². The van der Waals surface area contributed by atoms with Crippen LogP contribution in [0.1, 0.15) is 11.1 Å². The van der Waals surface area contributed by atoms with Gasteiger partial charge in [-0.25, -0.2) is 4.39 Å². The Kier molecular flexibility index (Phi) is 6.72. The highest BCUT2D eigenvalue weighted by molar-refractivity contribution is 7.80. The van der Waals surface area contributed by atoms with Crippen LogP contribution in [0.15, 0.2) is 54.6 Å². The molecular formula is C17H15ClFN3OS. The van der Waals surface area contributed by atoms with Gasteiger partial charge in [0, 0.05) is 17.6 Å². The maximum absolute atomic E-state index is 12.8. The van der Waals surface area contributed by atoms with Crippen molar-refractivity contribution in [2.24, 2.45) is 0 Å². The summed E-state index contributed by atoms with van der Waals surface area (Å²) in [6, 6.07) is 13.2. The van der Waals surface area contributed by atoms with Gasteiger partial charge in [-0.05, 0) is 53.7 Å². The van der Waals surface area contributed by atoms with E-state index < -0.39 is 0 Å². The third kappa shape index (κ3) is 6.36. The van der Waals surface area contributed by atoms with Crippen molar-refractivity contribution in [1.29, 1.82) is 0 Å². The van der Waals surface area contributed by atoms with E-state index in [0.717, 1.165) is 11.1 Å². The molecule has 0 atom stereocenters. The average Bonchev–Trinajstić information content (AvgIpc) is 2.57. The van der Waals surface area contributed by atoms with Gasteiger partial charge in [0.1, 0.15) is 5.82 Å². The van der Waals surface area contributed by atoms with Crippen molar-refractivity contribution < 1.29 is 9.18 Å². The van der Waals surface area contributed by atoms with Crippen molar-refractivity contribution in [1.82, 2.24) is 16.2 Å². The van der Waals surface area contributed by atoms with Crippen LogP contribution < -0.4 is 16.2 Å². The van der Waals surface area contributed by atoms with E-state index in [-0.39, 0.29) is 16.8 Å². The van der Waals surface area contributed by atoms with Gasteiger partial charge in [0.25, 0.3) is 5.91 Å². The van der Waals surface area contributed by atoms with Crippen molar-refractivity contribution in [3.8, 4) is 0 Å². The van der Waals surface area contributed by atoms with Crippen LogP contribution in [-0.4, -0.2) is 11.0 Å². The molecule has 124 valence electrons. The van der Waals surface area contributed by atoms with Crippen molar-refractivity contribution in [3.05, 3.63) is 76.6 Å². The highest BCUT2D eigenvalue weighted by Gasteiger charge is 1.99. The zero-order valence-electron chi connectivity index (χ0n) is 12.6. The predicted molar refractivity (Wildman–Crippen MR) is 97.6 cm³/mol. The molecule has 0 aliphatic carbocycles. The van der Waals surface area contributed by atoms with Gasteiger partial charge in [-0.3, -0.25) is 15.6 Å². The molecule has 0 spiro atoms. The molecule has 0 aromatic heterocycles. The van der Waals surface area contributed by atoms with E-state index in [1.54, 1.807) is 36.4 Å². The van der Waals surface area contributed by atoms with Crippen LogP contribution in [0.2, 0.25) is 5.02 Å². The normalized spacial score (nSPS) is 10.4. The molecule has 0 saturated carbocycles. The van der Waals surface area contributed by atoms with E-state index >= 15 is 0 Å². The number of carbonyl (C=O) groups excluding carboxylic acids is 1. The number of nitrogens with one attached hydrogen (secondary N) is 3. The fourth-order valence-electron chi connectivity index (χ4n) is 1.77. The molecule has 4 nitrogen and oxygen atoms in total. The molecule has 24 heavy (non-hydrogen) atoms. The highest BCUT2D eigenvalue weighted by atomic mass is 35.5. The summed E-state index contributed by atoms with van der Waals surface area (Å²) in [7, 11) is 0. The second kappa shape index (κ2) is 9.00. The number of benzene rings is 2. The van der Waals surface area contributed by atoms with Crippen molar-refractivity contribution >= 4 is 40.9 Å². The van der Waals surface area contributed by atoms with Gasteiger partial charge in [0.05, 0.1) is 0 Å². The summed E-state index contributed by atoms with van der Waals surface area (Å²) < 4.78 is 12.8. The number of thiocarbonyl (C=S) groups is 1. The quantitative estimate of drug-likeness (QED) is 0.443. The van der Waals surface area contributed by atoms with E-state index in [1.807, 2.05) is 6.07 Å². The second-order valence-electron chi connectivity index (χ2n) is 4.81. The molecule has 0 saturated heterocycles. The average molecular weight is 364 g/mol. The molecule has 0 bridgehead atoms. The molecule has 0 fully saturated rings. The van der Waals surface area contributed by atoms with Crippen LogP contribution in [-0.2, 0) is 11.3 Å². The summed E-state index contributed by atoms with van der Waals surface area (Å²) in [5.41, 5.74) is 6.70. The van der Waals surface area contributed by atoms with Gasteiger partial charge >= 0.3 is 0 Å². The molecule has 1 amide bonds. The second-order valence-corrected chi connectivity index (χ2v) is 5.66. The van der Waals surface area contributed by atoms with Gasteiger partial charge in [-0.15, -0.1) is 0 Å². The Labute approximate surface area is 149 Å². The lowest BCUT2D eigenvalue weighted by molar-refractivity contribution is -0.116. The molecule has 7 heteroatoms. The number of hydrogen-bond acceptors (Lipinski definition) is 2. The largest absolute Gasteiger partial charge is 0.357 e. The minimum atomic E-state index is -0.360. The van der Waals surface area contributed by atoms with Crippen LogP contribution in [0.5, 0.6) is 0 Å². The first-order valence-corrected chi connectivity index (χ1v) is 7.83. The zero-order chi connectivity index (χ0) is 17.4. The van der Waals surface area contributed by atoms with E-state index in [9.17, 15) is 9.18 Å². The minimum Gasteiger partial charge on any atom is -0.357 e. The van der Waals surface area contributed by atoms with Gasteiger partial charge in [0.2, 0.25) is 0 Å². The Morgan fingerprint density at radius 2 is 1.92 bits per heavy atom. The summed E-state index contributed by atoms with van der Waals surface area (Å²) in [6.45, 7) is 0.417. The standard InChI is InChI=1S/C17H15ClFN3OS/c18-14-3-1-2-12(10-14)6-9-16(23)21-22-17(24)20-11-13-4-7-15(19)8-5-13/h1-10H,11H2,(H,21,23)(H2,20,22,24)/b9-6+. The monoisotopic (exact) mass is 363 g/mol. The number of halogens is 2. The van der Waals surface area contributed by atoms with Gasteiger partial charge in [0.15, 0.2) is 5.11 Å². The lowest BCUT2D eigenvalue weighted by atomic mass is 10.2. The smallest absolute Gasteiger partial charge is 0.262 e. The lowest BCUT2D eigenvalue weighted by Crippen LogP contribution is -2.45. The van der Waals surface area contributed by atoms with E-state index in [0.29, 0.717) is 11.6 Å². The number of rotatable bonds is 4. The summed E-state index contributed by atoms with van der Waals surface area (Å²) >= 11 is 10.9. The molecule has 2 rings (SSSR count). The highest BCUT2D eigenvalue weighted by Crippen LogP contribution is 2.11. The Morgan fingerprint density at radius 1 is 1.17 bits per heavy atom. The fraction of sp³-hybridized carbons (Fsp3) is 0.0588. The van der Waals surface area contributed by atoms with Crippen LogP contribution in [0, 0.1) is 5.82 Å². The fourth-order valence-corrected chi connectivity index (χ4v) is 2.09. The van der Waals surface area contributed by atoms with Crippen LogP contribution >= 0.6 is 23.8 Å². The molecule has 0 aliphatic heterocycles. The Balaban J connectivity index is 1.72. The molecule has 0 heterocycles. The Hall–Kier alpha value is -2.44. The summed E-state index contributed by atoms with van der Waals surface area (Å²) in [5.74, 6) is -0.654. The zero-order valence-corrected chi connectivity index (χ0v) is 14.1. The topological polar surface area (TPSA) is 53.2 Å². The summed E-state index contributed by atoms with van der Waals surface area (Å²) in [6.07, 6.45) is 3.00. The van der Waals surface area contributed by atoms with Crippen molar-refractivity contribution in [2.45, 2.75) is 6.54 Å². The molecule has 2 aromatic carbocycles. The molecular weight excluding hydrogens is 349 g/mol. The third-order valence-corrected chi connectivity index (χ3v) is 3.42. The molecule has 2 aromatic rings. The predicted octanol–water partition coefficient (Wildman–Crippen LogP) is 3.19. The minimum absolute atomic E-state index is 0.254. The number of hydrogen-bond donors (Lipinski definition) is 3. The maximum atomic E-state index is 12.8. The Morgan fingerprint density at radius 3 is 2.62 bits per heavy atom. The molecule has 0 unspecified atom stereocenters. The Bertz CT molecular complexity index is 750. The van der Waals surface area contributed by atoms with Crippen molar-refractivity contribution in [2.75, 3.05) is 0 Å². The summed E-state index contributed by atoms with van der Waals surface area (Å²) in [4.78, 5) is 11.7. The number of amides is 1.